The van der Waals surface area contributed by atoms with E-state index in [1.165, 1.54) is 14.0 Å². The third kappa shape index (κ3) is 9.26. The molecule has 7 heteroatoms. The fraction of sp³-hybridized carbons (Fsp3) is 0.438. The maximum atomic E-state index is 11.4. The minimum absolute atomic E-state index is 0.125. The summed E-state index contributed by atoms with van der Waals surface area (Å²) in [6.45, 7) is 3.01. The Morgan fingerprint density at radius 1 is 1.22 bits per heavy atom. The van der Waals surface area contributed by atoms with E-state index in [0.717, 1.165) is 5.56 Å². The molecule has 0 saturated carbocycles. The van der Waals surface area contributed by atoms with Crippen LogP contribution in [0.25, 0.3) is 0 Å². The lowest BCUT2D eigenvalue weighted by atomic mass is 10.1. The molecular weight excluding hydrogens is 298 g/mol. The van der Waals surface area contributed by atoms with E-state index in [4.69, 9.17) is 5.73 Å². The Bertz CT molecular complexity index is 503. The number of nitrogens with two attached hydrogens (primary N) is 1. The highest BCUT2D eigenvalue weighted by atomic mass is 16.5. The molecule has 0 aromatic heterocycles. The largest absolute Gasteiger partial charge is 0.467 e. The van der Waals surface area contributed by atoms with Crippen LogP contribution in [0.5, 0.6) is 0 Å². The van der Waals surface area contributed by atoms with Crippen molar-refractivity contribution in [2.45, 2.75) is 32.4 Å². The standard InChI is InChI=1S/C12H15NO3.C4H10N2O/c1-9(14)13-11(12(15)16-2)8-10-6-4-3-5-7-10;1-3(5)4(7)6-2/h3-7,11H,8H2,1-2H3,(H,13,14);3H,5H2,1-2H3,(H,6,7). The summed E-state index contributed by atoms with van der Waals surface area (Å²) in [5, 5.41) is 4.97. The lowest BCUT2D eigenvalue weighted by Gasteiger charge is -2.15. The Labute approximate surface area is 136 Å². The number of amides is 2. The third-order valence-electron chi connectivity index (χ3n) is 2.81. The fourth-order valence-corrected chi connectivity index (χ4v) is 1.66. The van der Waals surface area contributed by atoms with Crippen molar-refractivity contribution < 1.29 is 19.1 Å². The number of hydrogen-bond donors (Lipinski definition) is 3. The van der Waals surface area contributed by atoms with Crippen molar-refractivity contribution in [3.63, 3.8) is 0 Å². The maximum absolute atomic E-state index is 11.4. The van der Waals surface area contributed by atoms with Gasteiger partial charge in [-0.05, 0) is 12.5 Å². The summed E-state index contributed by atoms with van der Waals surface area (Å²) < 4.78 is 4.63. The van der Waals surface area contributed by atoms with Gasteiger partial charge < -0.3 is 21.1 Å². The van der Waals surface area contributed by atoms with Crippen molar-refractivity contribution in [3.05, 3.63) is 35.9 Å². The summed E-state index contributed by atoms with van der Waals surface area (Å²) >= 11 is 0. The molecule has 7 nitrogen and oxygen atoms in total. The van der Waals surface area contributed by atoms with E-state index in [-0.39, 0.29) is 17.9 Å². The van der Waals surface area contributed by atoms with Crippen LogP contribution in [0.2, 0.25) is 0 Å². The van der Waals surface area contributed by atoms with E-state index in [1.54, 1.807) is 14.0 Å². The first kappa shape index (κ1) is 20.6. The van der Waals surface area contributed by atoms with Crippen molar-refractivity contribution in [3.8, 4) is 0 Å². The van der Waals surface area contributed by atoms with Gasteiger partial charge in [0.25, 0.3) is 0 Å². The van der Waals surface area contributed by atoms with Gasteiger partial charge in [-0.3, -0.25) is 9.59 Å². The number of rotatable bonds is 5. The van der Waals surface area contributed by atoms with Gasteiger partial charge in [-0.2, -0.15) is 0 Å². The average Bonchev–Trinajstić information content (AvgIpc) is 2.53. The van der Waals surface area contributed by atoms with E-state index >= 15 is 0 Å². The molecule has 0 fully saturated rings. The van der Waals surface area contributed by atoms with Crippen molar-refractivity contribution in [2.24, 2.45) is 5.73 Å². The molecule has 23 heavy (non-hydrogen) atoms. The number of nitrogens with one attached hydrogen (secondary N) is 2. The van der Waals surface area contributed by atoms with Crippen molar-refractivity contribution >= 4 is 17.8 Å². The molecule has 2 amide bonds. The highest BCUT2D eigenvalue weighted by Gasteiger charge is 2.20. The molecule has 0 aliphatic heterocycles. The van der Waals surface area contributed by atoms with E-state index in [1.807, 2.05) is 30.3 Å². The minimum atomic E-state index is -0.620. The predicted molar refractivity (Wildman–Crippen MR) is 87.5 cm³/mol. The zero-order chi connectivity index (χ0) is 17.8. The average molecular weight is 323 g/mol. The van der Waals surface area contributed by atoms with Crippen LogP contribution in [0.4, 0.5) is 0 Å². The van der Waals surface area contributed by atoms with Crippen LogP contribution in [0.15, 0.2) is 30.3 Å². The molecule has 0 spiro atoms. The van der Waals surface area contributed by atoms with Gasteiger partial charge >= 0.3 is 5.97 Å². The topological polar surface area (TPSA) is 111 Å². The summed E-state index contributed by atoms with van der Waals surface area (Å²) in [4.78, 5) is 32.6. The van der Waals surface area contributed by atoms with E-state index in [0.29, 0.717) is 6.42 Å². The number of esters is 1. The molecule has 0 saturated heterocycles. The lowest BCUT2D eigenvalue weighted by molar-refractivity contribution is -0.144. The Balaban J connectivity index is 0.000000585. The van der Waals surface area contributed by atoms with E-state index < -0.39 is 12.0 Å². The smallest absolute Gasteiger partial charge is 0.328 e. The summed E-state index contributed by atoms with van der Waals surface area (Å²) in [6, 6.07) is 8.47. The first-order valence-corrected chi connectivity index (χ1v) is 7.17. The van der Waals surface area contributed by atoms with Gasteiger partial charge in [-0.1, -0.05) is 30.3 Å². The molecule has 2 atom stereocenters. The molecule has 1 aromatic rings. The van der Waals surface area contributed by atoms with Crippen LogP contribution in [0.1, 0.15) is 19.4 Å². The number of carbonyl (C=O) groups excluding carboxylic acids is 3. The van der Waals surface area contributed by atoms with Crippen LogP contribution in [-0.2, 0) is 25.5 Å². The van der Waals surface area contributed by atoms with Crippen LogP contribution in [-0.4, -0.2) is 44.0 Å². The quantitative estimate of drug-likeness (QED) is 0.660. The molecule has 0 bridgehead atoms. The monoisotopic (exact) mass is 323 g/mol. The minimum Gasteiger partial charge on any atom is -0.467 e. The molecule has 0 aliphatic rings. The summed E-state index contributed by atoms with van der Waals surface area (Å²) in [7, 11) is 2.87. The number of hydrogen-bond acceptors (Lipinski definition) is 5. The first-order chi connectivity index (χ1) is 10.8. The molecule has 1 rings (SSSR count). The predicted octanol–water partition coefficient (Wildman–Crippen LogP) is -0.0136. The Kier molecular flexibility index (Phi) is 10.0. The first-order valence-electron chi connectivity index (χ1n) is 7.17. The van der Waals surface area contributed by atoms with Gasteiger partial charge in [0.2, 0.25) is 11.8 Å². The highest BCUT2D eigenvalue weighted by molar-refractivity contribution is 5.83. The second kappa shape index (κ2) is 11.2. The number of likely N-dealkylation sites (N-methyl/N-ethyl adjacent to an activating group) is 1. The number of ether oxygens (including phenoxy) is 1. The molecule has 2 unspecified atom stereocenters. The Morgan fingerprint density at radius 3 is 2.13 bits per heavy atom. The normalized spacial score (nSPS) is 12.0. The fourth-order valence-electron chi connectivity index (χ4n) is 1.66. The summed E-state index contributed by atoms with van der Waals surface area (Å²) in [6.07, 6.45) is 0.438. The summed E-state index contributed by atoms with van der Waals surface area (Å²) in [5.74, 6) is -0.801. The highest BCUT2D eigenvalue weighted by Crippen LogP contribution is 2.04. The molecule has 4 N–H and O–H groups in total. The molecule has 0 radical (unpaired) electrons. The Hall–Kier alpha value is -2.41. The van der Waals surface area contributed by atoms with Crippen LogP contribution in [0, 0.1) is 0 Å². The third-order valence-corrected chi connectivity index (χ3v) is 2.81. The van der Waals surface area contributed by atoms with Gasteiger partial charge in [-0.25, -0.2) is 4.79 Å². The molecule has 0 heterocycles. The van der Waals surface area contributed by atoms with Gasteiger partial charge in [0, 0.05) is 20.4 Å². The van der Waals surface area contributed by atoms with Crippen molar-refractivity contribution in [2.75, 3.05) is 14.2 Å². The second-order valence-electron chi connectivity index (χ2n) is 4.87. The van der Waals surface area contributed by atoms with Gasteiger partial charge in [0.05, 0.1) is 13.2 Å². The molecular formula is C16H25N3O4. The number of carbonyl (C=O) groups is 3. The zero-order valence-electron chi connectivity index (χ0n) is 14.0. The molecule has 1 aromatic carbocycles. The Morgan fingerprint density at radius 2 is 1.78 bits per heavy atom. The number of methoxy groups -OCH3 is 1. The van der Waals surface area contributed by atoms with Crippen LogP contribution < -0.4 is 16.4 Å². The van der Waals surface area contributed by atoms with Crippen LogP contribution >= 0.6 is 0 Å². The van der Waals surface area contributed by atoms with Crippen molar-refractivity contribution in [1.29, 1.82) is 0 Å². The SMILES string of the molecule is CNC(=O)C(C)N.COC(=O)C(Cc1ccccc1)NC(C)=O. The zero-order valence-corrected chi connectivity index (χ0v) is 14.0. The van der Waals surface area contributed by atoms with Gasteiger partial charge in [-0.15, -0.1) is 0 Å². The second-order valence-corrected chi connectivity index (χ2v) is 4.87. The molecule has 0 aliphatic carbocycles. The summed E-state index contributed by atoms with van der Waals surface area (Å²) in [5.41, 5.74) is 6.11. The lowest BCUT2D eigenvalue weighted by Crippen LogP contribution is -2.41. The van der Waals surface area contributed by atoms with Gasteiger partial charge in [0.1, 0.15) is 6.04 Å². The van der Waals surface area contributed by atoms with Crippen molar-refractivity contribution in [1.82, 2.24) is 10.6 Å². The molecule has 128 valence electrons. The number of benzene rings is 1. The van der Waals surface area contributed by atoms with Crippen LogP contribution in [0.3, 0.4) is 0 Å². The van der Waals surface area contributed by atoms with E-state index in [2.05, 4.69) is 15.4 Å². The maximum Gasteiger partial charge on any atom is 0.328 e. The van der Waals surface area contributed by atoms with Gasteiger partial charge in [0.15, 0.2) is 0 Å². The van der Waals surface area contributed by atoms with E-state index in [9.17, 15) is 14.4 Å².